The predicted octanol–water partition coefficient (Wildman–Crippen LogP) is 3.61. The summed E-state index contributed by atoms with van der Waals surface area (Å²) < 4.78 is 0. The minimum Gasteiger partial charge on any atom is -0.192 e. The molecule has 1 aromatic carbocycles. The lowest BCUT2D eigenvalue weighted by Gasteiger charge is -1.80. The Morgan fingerprint density at radius 2 is 1.33 bits per heavy atom. The highest BCUT2D eigenvalue weighted by Gasteiger charge is 1.79. The maximum atomic E-state index is 8.29. The quantitative estimate of drug-likeness (QED) is 0.573. The summed E-state index contributed by atoms with van der Waals surface area (Å²) in [6.45, 7) is 8.00. The van der Waals surface area contributed by atoms with Crippen molar-refractivity contribution in [2.45, 2.75) is 27.7 Å². The third-order valence-electron chi connectivity index (χ3n) is 0.903. The van der Waals surface area contributed by atoms with Gasteiger partial charge in [0.1, 0.15) is 0 Å². The number of nitriles is 1. The van der Waals surface area contributed by atoms with Crippen LogP contribution in [0.3, 0.4) is 0 Å². The highest BCUT2D eigenvalue weighted by Crippen LogP contribution is 1.92. The molecule has 0 aliphatic heterocycles. The van der Waals surface area contributed by atoms with E-state index in [1.165, 1.54) is 0 Å². The molecule has 0 unspecified atom stereocenters. The summed E-state index contributed by atoms with van der Waals surface area (Å²) in [5.74, 6) is 0. The summed E-state index contributed by atoms with van der Waals surface area (Å²) in [5, 5.41) is 8.29. The van der Waals surface area contributed by atoms with Crippen LogP contribution >= 0.6 is 0 Å². The number of nitrogens with zero attached hydrogens (tertiary/aromatic N) is 1. The Morgan fingerprint density at radius 1 is 0.917 bits per heavy atom. The molecule has 1 nitrogen and oxygen atoms in total. The van der Waals surface area contributed by atoms with Crippen molar-refractivity contribution in [2.75, 3.05) is 0 Å². The fraction of sp³-hybridized carbons (Fsp3) is 0.364. The van der Waals surface area contributed by atoms with Gasteiger partial charge < -0.3 is 0 Å². The molecule has 0 fully saturated rings. The number of hydrogen-bond acceptors (Lipinski definition) is 1. The van der Waals surface area contributed by atoms with Gasteiger partial charge in [0, 0.05) is 0 Å². The van der Waals surface area contributed by atoms with E-state index in [1.807, 2.05) is 52.0 Å². The van der Waals surface area contributed by atoms with E-state index in [0.29, 0.717) is 5.56 Å². The van der Waals surface area contributed by atoms with Crippen molar-refractivity contribution >= 4 is 0 Å². The van der Waals surface area contributed by atoms with Gasteiger partial charge in [-0.25, -0.2) is 0 Å². The van der Waals surface area contributed by atoms with Crippen LogP contribution in [-0.4, -0.2) is 0 Å². The molecule has 0 heterocycles. The number of rotatable bonds is 0. The molecule has 0 N–H and O–H groups in total. The van der Waals surface area contributed by atoms with Gasteiger partial charge in [-0.15, -0.1) is 0 Å². The zero-order chi connectivity index (χ0) is 9.82. The maximum absolute atomic E-state index is 8.29. The lowest BCUT2D eigenvalue weighted by molar-refractivity contribution is 1.49. The molecule has 0 aliphatic rings. The molecule has 12 heavy (non-hydrogen) atoms. The minimum absolute atomic E-state index is 0.715. The molecule has 0 saturated carbocycles. The minimum atomic E-state index is 0.715. The van der Waals surface area contributed by atoms with Gasteiger partial charge in [0.15, 0.2) is 0 Å². The molecule has 66 valence electrons. The normalized spacial score (nSPS) is 6.25. The molecule has 1 rings (SSSR count). The van der Waals surface area contributed by atoms with Crippen molar-refractivity contribution in [3.8, 4) is 6.07 Å². The monoisotopic (exact) mass is 163 g/mol. The van der Waals surface area contributed by atoms with Crippen molar-refractivity contribution in [3.63, 3.8) is 0 Å². The summed E-state index contributed by atoms with van der Waals surface area (Å²) >= 11 is 0. The molecule has 0 aliphatic carbocycles. The van der Waals surface area contributed by atoms with E-state index < -0.39 is 0 Å². The standard InChI is InChI=1S/C7H5N.2C2H6/c8-6-7-4-2-1-3-5-7;2*1-2/h1-5H;2*1-2H3. The van der Waals surface area contributed by atoms with Crippen molar-refractivity contribution in [1.29, 1.82) is 5.26 Å². The van der Waals surface area contributed by atoms with Crippen LogP contribution in [0.25, 0.3) is 0 Å². The largest absolute Gasteiger partial charge is 0.192 e. The summed E-state index contributed by atoms with van der Waals surface area (Å²) in [7, 11) is 0. The Bertz CT molecular complexity index is 196. The van der Waals surface area contributed by atoms with Gasteiger partial charge in [-0.3, -0.25) is 0 Å². The number of benzene rings is 1. The van der Waals surface area contributed by atoms with Crippen LogP contribution in [0, 0.1) is 11.3 Å². The summed E-state index contributed by atoms with van der Waals surface area (Å²) in [5.41, 5.74) is 0.715. The first kappa shape index (κ1) is 13.3. The molecular weight excluding hydrogens is 146 g/mol. The molecule has 0 amide bonds. The van der Waals surface area contributed by atoms with Crippen molar-refractivity contribution in [2.24, 2.45) is 0 Å². The Morgan fingerprint density at radius 3 is 1.58 bits per heavy atom. The maximum Gasteiger partial charge on any atom is 0.0991 e. The van der Waals surface area contributed by atoms with Gasteiger partial charge in [-0.05, 0) is 12.1 Å². The SMILES string of the molecule is CC.CC.N#Cc1ccccc1. The second kappa shape index (κ2) is 12.4. The van der Waals surface area contributed by atoms with E-state index in [9.17, 15) is 0 Å². The summed E-state index contributed by atoms with van der Waals surface area (Å²) in [6.07, 6.45) is 0. The highest BCUT2D eigenvalue weighted by molar-refractivity contribution is 5.27. The van der Waals surface area contributed by atoms with E-state index in [0.717, 1.165) is 0 Å². The first-order chi connectivity index (χ1) is 5.93. The van der Waals surface area contributed by atoms with Crippen molar-refractivity contribution in [3.05, 3.63) is 35.9 Å². The fourth-order valence-electron chi connectivity index (χ4n) is 0.513. The van der Waals surface area contributed by atoms with Gasteiger partial charge in [-0.2, -0.15) is 5.26 Å². The van der Waals surface area contributed by atoms with Crippen LogP contribution in [0.1, 0.15) is 33.3 Å². The summed E-state index contributed by atoms with van der Waals surface area (Å²) in [4.78, 5) is 0. The van der Waals surface area contributed by atoms with Gasteiger partial charge in [-0.1, -0.05) is 45.9 Å². The smallest absolute Gasteiger partial charge is 0.0991 e. The predicted molar refractivity (Wildman–Crippen MR) is 53.9 cm³/mol. The van der Waals surface area contributed by atoms with Crippen LogP contribution in [0.5, 0.6) is 0 Å². The first-order valence-electron chi connectivity index (χ1n) is 4.38. The second-order valence-corrected chi connectivity index (χ2v) is 1.48. The molecule has 1 aromatic rings. The second-order valence-electron chi connectivity index (χ2n) is 1.48. The van der Waals surface area contributed by atoms with Crippen molar-refractivity contribution in [1.82, 2.24) is 0 Å². The lowest BCUT2D eigenvalue weighted by Crippen LogP contribution is -1.66. The molecular formula is C11H17N. The van der Waals surface area contributed by atoms with Crippen LogP contribution in [-0.2, 0) is 0 Å². The van der Waals surface area contributed by atoms with E-state index in [4.69, 9.17) is 5.26 Å². The lowest BCUT2D eigenvalue weighted by atomic mass is 10.2. The van der Waals surface area contributed by atoms with Crippen LogP contribution in [0.4, 0.5) is 0 Å². The third kappa shape index (κ3) is 6.82. The molecule has 0 bridgehead atoms. The first-order valence-corrected chi connectivity index (χ1v) is 4.38. The van der Waals surface area contributed by atoms with Crippen molar-refractivity contribution < 1.29 is 0 Å². The van der Waals surface area contributed by atoms with E-state index >= 15 is 0 Å². The zero-order valence-corrected chi connectivity index (χ0v) is 8.33. The third-order valence-corrected chi connectivity index (χ3v) is 0.903. The van der Waals surface area contributed by atoms with Crippen LogP contribution < -0.4 is 0 Å². The zero-order valence-electron chi connectivity index (χ0n) is 8.33. The molecule has 0 radical (unpaired) electrons. The average molecular weight is 163 g/mol. The van der Waals surface area contributed by atoms with Crippen LogP contribution in [0.2, 0.25) is 0 Å². The Hall–Kier alpha value is -1.29. The molecule has 0 saturated heterocycles. The van der Waals surface area contributed by atoms with Gasteiger partial charge in [0.25, 0.3) is 0 Å². The van der Waals surface area contributed by atoms with E-state index in [-0.39, 0.29) is 0 Å². The Labute approximate surface area is 75.7 Å². The van der Waals surface area contributed by atoms with Gasteiger partial charge in [0.05, 0.1) is 11.6 Å². The average Bonchev–Trinajstić information content (AvgIpc) is 2.25. The Balaban J connectivity index is 0. The topological polar surface area (TPSA) is 23.8 Å². The molecule has 1 heteroatoms. The highest BCUT2D eigenvalue weighted by atomic mass is 14.2. The van der Waals surface area contributed by atoms with Gasteiger partial charge >= 0.3 is 0 Å². The molecule has 0 aromatic heterocycles. The molecule has 0 atom stereocenters. The number of hydrogen-bond donors (Lipinski definition) is 0. The van der Waals surface area contributed by atoms with E-state index in [1.54, 1.807) is 12.1 Å². The summed E-state index contributed by atoms with van der Waals surface area (Å²) in [6, 6.07) is 11.2. The van der Waals surface area contributed by atoms with Gasteiger partial charge in [0.2, 0.25) is 0 Å². The molecule has 0 spiro atoms. The van der Waals surface area contributed by atoms with E-state index in [2.05, 4.69) is 0 Å². The van der Waals surface area contributed by atoms with Crippen LogP contribution in [0.15, 0.2) is 30.3 Å². The fourth-order valence-corrected chi connectivity index (χ4v) is 0.513. The Kier molecular flexibility index (Phi) is 13.7.